The third-order valence-electron chi connectivity index (χ3n) is 10.9. The van der Waals surface area contributed by atoms with E-state index in [0.29, 0.717) is 11.8 Å². The summed E-state index contributed by atoms with van der Waals surface area (Å²) in [5, 5.41) is 19.6. The van der Waals surface area contributed by atoms with Gasteiger partial charge in [0.1, 0.15) is 48.4 Å². The molecule has 1 unspecified atom stereocenters. The highest BCUT2D eigenvalue weighted by Gasteiger charge is 2.57. The molecule has 0 radical (unpaired) electrons. The number of H-pyrrole nitrogens is 2. The van der Waals surface area contributed by atoms with E-state index in [1.54, 1.807) is 12.7 Å². The topological polar surface area (TPSA) is 198 Å². The zero-order chi connectivity index (χ0) is 35.5. The van der Waals surface area contributed by atoms with Gasteiger partial charge in [0.25, 0.3) is 0 Å². The number of likely N-dealkylation sites (tertiary alicyclic amines) is 2. The second-order valence-electron chi connectivity index (χ2n) is 13.4. The average molecular weight is 699 g/mol. The minimum absolute atomic E-state index is 0.0377. The van der Waals surface area contributed by atoms with Crippen LogP contribution in [0.15, 0.2) is 37.2 Å². The van der Waals surface area contributed by atoms with E-state index in [1.807, 2.05) is 53.4 Å². The zero-order valence-corrected chi connectivity index (χ0v) is 29.6. The van der Waals surface area contributed by atoms with E-state index < -0.39 is 0 Å². The Morgan fingerprint density at radius 2 is 1.26 bits per heavy atom. The van der Waals surface area contributed by atoms with E-state index in [-0.39, 0.29) is 44.5 Å². The maximum Gasteiger partial charge on any atom is 0.237 e. The smallest absolute Gasteiger partial charge is 0.237 e. The maximum atomic E-state index is 12.2. The Morgan fingerprint density at radius 1 is 0.840 bits per heavy atom. The van der Waals surface area contributed by atoms with Crippen molar-refractivity contribution < 1.29 is 14.5 Å². The van der Waals surface area contributed by atoms with Gasteiger partial charge in [0.15, 0.2) is 0 Å². The number of aromatic amines is 2. The quantitative estimate of drug-likeness (QED) is 0.259. The van der Waals surface area contributed by atoms with Gasteiger partial charge in [0.05, 0.1) is 34.0 Å². The van der Waals surface area contributed by atoms with Gasteiger partial charge in [-0.25, -0.2) is 19.9 Å². The monoisotopic (exact) mass is 698 g/mol. The third-order valence-corrected chi connectivity index (χ3v) is 11.2. The molecule has 0 saturated carbocycles. The standard InChI is InChI=1S/2C16H18N6O.C2H7OP/c2*1-11-8-22(13(23)2-5-17)16(11)4-7-21(9-16)15-12-3-6-18-14(12)19-10-20-15;1-2-4-3/h2*3,6,10-11H,2,4,7-9H2,1H3,(H,18,19,20);3-4H,2H2,1H3/t2*11-,16-;/m00./s1. The molecule has 4 saturated heterocycles. The van der Waals surface area contributed by atoms with Crippen LogP contribution in [0.1, 0.15) is 46.5 Å². The number of hydrogen-bond donors (Lipinski definition) is 3. The van der Waals surface area contributed by atoms with Crippen molar-refractivity contribution in [1.82, 2.24) is 39.7 Å². The van der Waals surface area contributed by atoms with Crippen LogP contribution >= 0.6 is 8.81 Å². The van der Waals surface area contributed by atoms with Crippen LogP contribution in [0.3, 0.4) is 0 Å². The van der Waals surface area contributed by atoms with Crippen LogP contribution in [0.2, 0.25) is 0 Å². The highest BCUT2D eigenvalue weighted by molar-refractivity contribution is 7.30. The van der Waals surface area contributed by atoms with Crippen molar-refractivity contribution in [1.29, 1.82) is 10.5 Å². The summed E-state index contributed by atoms with van der Waals surface area (Å²) in [4.78, 5) is 64.2. The summed E-state index contributed by atoms with van der Waals surface area (Å²) >= 11 is 0. The van der Waals surface area contributed by atoms with E-state index in [1.165, 1.54) is 0 Å². The van der Waals surface area contributed by atoms with Gasteiger partial charge >= 0.3 is 0 Å². The van der Waals surface area contributed by atoms with E-state index in [4.69, 9.17) is 15.4 Å². The Bertz CT molecular complexity index is 1800. The molecule has 2 amide bonds. The number of amides is 2. The Labute approximate surface area is 292 Å². The lowest BCUT2D eigenvalue weighted by molar-refractivity contribution is -0.153. The summed E-state index contributed by atoms with van der Waals surface area (Å²) in [6.07, 6.45) is 9.54. The van der Waals surface area contributed by atoms with E-state index in [9.17, 15) is 9.59 Å². The van der Waals surface area contributed by atoms with Crippen molar-refractivity contribution in [3.8, 4) is 12.1 Å². The summed E-state index contributed by atoms with van der Waals surface area (Å²) < 4.78 is 0. The van der Waals surface area contributed by atoms with Crippen LogP contribution in [-0.2, 0) is 9.59 Å². The van der Waals surface area contributed by atoms with Crippen LogP contribution in [0.25, 0.3) is 22.1 Å². The third kappa shape index (κ3) is 6.10. The molecule has 3 N–H and O–H groups in total. The van der Waals surface area contributed by atoms with Crippen molar-refractivity contribution in [2.24, 2.45) is 11.8 Å². The molecular weight excluding hydrogens is 655 g/mol. The predicted molar refractivity (Wildman–Crippen MR) is 190 cm³/mol. The van der Waals surface area contributed by atoms with Gasteiger partial charge in [-0.1, -0.05) is 20.8 Å². The van der Waals surface area contributed by atoms with E-state index in [0.717, 1.165) is 92.0 Å². The molecule has 4 aliphatic heterocycles. The fraction of sp³-hybridized carbons (Fsp3) is 0.529. The van der Waals surface area contributed by atoms with Crippen molar-refractivity contribution in [2.45, 2.75) is 57.5 Å². The molecule has 4 aliphatic rings. The molecule has 4 fully saturated rings. The number of fused-ring (bicyclic) bond motifs is 2. The van der Waals surface area contributed by atoms with Gasteiger partial charge in [0, 0.05) is 60.5 Å². The molecule has 4 aromatic heterocycles. The first-order chi connectivity index (χ1) is 24.2. The number of nitrogens with one attached hydrogen (secondary N) is 2. The second kappa shape index (κ2) is 14.6. The normalized spacial score (nSPS) is 25.2. The number of carbonyl (C=O) groups excluding carboxylic acids is 2. The summed E-state index contributed by atoms with van der Waals surface area (Å²) in [7, 11) is 0.140. The number of anilines is 2. The molecule has 0 aliphatic carbocycles. The van der Waals surface area contributed by atoms with Crippen LogP contribution in [0.5, 0.6) is 0 Å². The summed E-state index contributed by atoms with van der Waals surface area (Å²) in [6, 6.07) is 7.91. The van der Waals surface area contributed by atoms with Crippen LogP contribution < -0.4 is 9.80 Å². The van der Waals surface area contributed by atoms with E-state index in [2.05, 4.69) is 53.6 Å². The Kier molecular flexibility index (Phi) is 10.2. The van der Waals surface area contributed by atoms with Crippen molar-refractivity contribution in [3.05, 3.63) is 37.2 Å². The number of aromatic nitrogens is 6. The van der Waals surface area contributed by atoms with E-state index >= 15 is 0 Å². The summed E-state index contributed by atoms with van der Waals surface area (Å²) in [5.74, 6) is 2.61. The molecule has 0 bridgehead atoms. The second-order valence-corrected chi connectivity index (χ2v) is 14.4. The zero-order valence-electron chi connectivity index (χ0n) is 28.6. The Balaban J connectivity index is 0.000000156. The lowest BCUT2D eigenvalue weighted by Gasteiger charge is -2.55. The lowest BCUT2D eigenvalue weighted by Crippen LogP contribution is -2.69. The summed E-state index contributed by atoms with van der Waals surface area (Å²) in [6.45, 7) is 11.1. The van der Waals surface area contributed by atoms with Crippen molar-refractivity contribution in [2.75, 3.05) is 55.2 Å². The minimum atomic E-state index is -0.151. The SMILES string of the molecule is CCPO.C[C@H]1CN(C(=O)CC#N)[C@]12CCN(c1ncnc3[nH]ccc13)C2.C[C@H]1CN(C(=O)CC#N)[C@]12CCN(c1ncnc3[nH]ccc13)C2. The number of nitrogens with zero attached hydrogens (tertiary/aromatic N) is 10. The molecule has 8 rings (SSSR count). The lowest BCUT2D eigenvalue weighted by atomic mass is 9.74. The van der Waals surface area contributed by atoms with Crippen LogP contribution in [-0.4, -0.2) is 113 Å². The molecule has 2 spiro atoms. The fourth-order valence-electron chi connectivity index (χ4n) is 8.05. The van der Waals surface area contributed by atoms with Gasteiger partial charge in [-0.05, 0) is 43.0 Å². The molecule has 16 heteroatoms. The Morgan fingerprint density at radius 3 is 1.62 bits per heavy atom. The molecule has 15 nitrogen and oxygen atoms in total. The number of carbonyl (C=O) groups is 2. The minimum Gasteiger partial charge on any atom is -0.377 e. The van der Waals surface area contributed by atoms with Crippen LogP contribution in [0, 0.1) is 34.5 Å². The Hall–Kier alpha value is -4.85. The molecule has 0 aromatic carbocycles. The fourth-order valence-corrected chi connectivity index (χ4v) is 8.05. The summed E-state index contributed by atoms with van der Waals surface area (Å²) in [5.41, 5.74) is 1.35. The first-order valence-corrected chi connectivity index (χ1v) is 18.2. The van der Waals surface area contributed by atoms with Crippen molar-refractivity contribution >= 4 is 54.3 Å². The van der Waals surface area contributed by atoms with Gasteiger partial charge in [-0.2, -0.15) is 10.5 Å². The van der Waals surface area contributed by atoms with Gasteiger partial charge in [0.2, 0.25) is 11.8 Å². The molecular formula is C34H43N12O3P. The van der Waals surface area contributed by atoms with Gasteiger partial charge in [-0.3, -0.25) is 9.59 Å². The number of rotatable bonds is 5. The molecule has 262 valence electrons. The largest absolute Gasteiger partial charge is 0.377 e. The molecule has 5 atom stereocenters. The predicted octanol–water partition coefficient (Wildman–Crippen LogP) is 3.19. The number of hydrogen-bond acceptors (Lipinski definition) is 11. The highest BCUT2D eigenvalue weighted by Crippen LogP contribution is 2.46. The van der Waals surface area contributed by atoms with Gasteiger partial charge < -0.3 is 34.5 Å². The molecule has 8 heterocycles. The first-order valence-electron chi connectivity index (χ1n) is 17.0. The van der Waals surface area contributed by atoms with Crippen molar-refractivity contribution in [3.63, 3.8) is 0 Å². The maximum absolute atomic E-state index is 12.2. The first kappa shape index (κ1) is 35.0. The average Bonchev–Trinajstić information content (AvgIpc) is 3.95. The molecule has 4 aromatic rings. The van der Waals surface area contributed by atoms with Gasteiger partial charge in [-0.15, -0.1) is 0 Å². The number of nitriles is 2. The highest BCUT2D eigenvalue weighted by atomic mass is 31.1. The van der Waals surface area contributed by atoms with Crippen LogP contribution in [0.4, 0.5) is 11.6 Å². The molecule has 50 heavy (non-hydrogen) atoms.